The van der Waals surface area contributed by atoms with Crippen molar-refractivity contribution in [3.05, 3.63) is 158 Å². The maximum Gasteiger partial charge on any atom is 0.135 e. The second-order valence-corrected chi connectivity index (χ2v) is 11.4. The number of benzene rings is 8. The first-order valence-electron chi connectivity index (χ1n) is 14.8. The van der Waals surface area contributed by atoms with Crippen LogP contribution in [0.1, 0.15) is 0 Å². The van der Waals surface area contributed by atoms with E-state index in [2.05, 4.69) is 146 Å². The zero-order chi connectivity index (χ0) is 28.3. The van der Waals surface area contributed by atoms with Gasteiger partial charge in [0.1, 0.15) is 11.5 Å². The van der Waals surface area contributed by atoms with Crippen molar-refractivity contribution in [2.45, 2.75) is 0 Å². The van der Waals surface area contributed by atoms with Gasteiger partial charge in [-0.1, -0.05) is 127 Å². The van der Waals surface area contributed by atoms with Crippen LogP contribution in [0.4, 0.5) is 0 Å². The number of ether oxygens (including phenoxy) is 1. The Kier molecular flexibility index (Phi) is 5.27. The minimum Gasteiger partial charge on any atom is -0.456 e. The summed E-state index contributed by atoms with van der Waals surface area (Å²) in [5, 5.41) is 7.43. The topological polar surface area (TPSA) is 9.23 Å². The normalized spacial score (nSPS) is 11.9. The van der Waals surface area contributed by atoms with Crippen LogP contribution >= 0.6 is 0 Å². The fourth-order valence-electron chi connectivity index (χ4n) is 6.65. The highest BCUT2D eigenvalue weighted by Gasteiger charge is 2.21. The van der Waals surface area contributed by atoms with Crippen molar-refractivity contribution >= 4 is 32.3 Å². The molecule has 43 heavy (non-hydrogen) atoms. The maximum atomic E-state index is 6.30. The minimum atomic E-state index is 0.917. The molecule has 0 radical (unpaired) electrons. The molecule has 1 aliphatic heterocycles. The second-order valence-electron chi connectivity index (χ2n) is 11.4. The fraction of sp³-hybridized carbons (Fsp3) is 0. The Morgan fingerprint density at radius 2 is 0.860 bits per heavy atom. The van der Waals surface area contributed by atoms with Crippen molar-refractivity contribution in [1.82, 2.24) is 0 Å². The van der Waals surface area contributed by atoms with Crippen LogP contribution < -0.4 is 4.74 Å². The van der Waals surface area contributed by atoms with Crippen molar-refractivity contribution in [2.24, 2.45) is 0 Å². The molecule has 1 nitrogen and oxygen atoms in total. The van der Waals surface area contributed by atoms with Crippen molar-refractivity contribution in [1.29, 1.82) is 0 Å². The van der Waals surface area contributed by atoms with E-state index in [-0.39, 0.29) is 0 Å². The van der Waals surface area contributed by atoms with Crippen LogP contribution in [0.15, 0.2) is 158 Å². The van der Waals surface area contributed by atoms with Crippen molar-refractivity contribution in [2.75, 3.05) is 0 Å². The van der Waals surface area contributed by atoms with Gasteiger partial charge >= 0.3 is 0 Å². The van der Waals surface area contributed by atoms with Gasteiger partial charge in [-0.3, -0.25) is 0 Å². The van der Waals surface area contributed by atoms with Crippen LogP contribution in [0.5, 0.6) is 11.5 Å². The van der Waals surface area contributed by atoms with E-state index in [0.717, 1.165) is 17.1 Å². The van der Waals surface area contributed by atoms with E-state index in [1.165, 1.54) is 71.3 Å². The second kappa shape index (κ2) is 9.44. The number of fused-ring (bicyclic) bond motifs is 4. The van der Waals surface area contributed by atoms with Crippen molar-refractivity contribution in [3.63, 3.8) is 0 Å². The van der Waals surface area contributed by atoms with Crippen LogP contribution in [0.25, 0.3) is 76.8 Å². The summed E-state index contributed by atoms with van der Waals surface area (Å²) in [6, 6.07) is 56.9. The first-order chi connectivity index (χ1) is 21.3. The molecule has 0 spiro atoms. The van der Waals surface area contributed by atoms with E-state index in [9.17, 15) is 0 Å². The summed E-state index contributed by atoms with van der Waals surface area (Å²) in [5.74, 6) is 1.84. The van der Waals surface area contributed by atoms with E-state index in [1.54, 1.807) is 0 Å². The average Bonchev–Trinajstić information content (AvgIpc) is 3.08. The highest BCUT2D eigenvalue weighted by atomic mass is 16.5. The monoisotopic (exact) mass is 546 g/mol. The maximum absolute atomic E-state index is 6.30. The molecule has 9 rings (SSSR count). The van der Waals surface area contributed by atoms with E-state index in [0.29, 0.717) is 0 Å². The quantitative estimate of drug-likeness (QED) is 0.214. The molecular formula is C42H26O. The Bertz CT molecular complexity index is 2360. The third-order valence-corrected chi connectivity index (χ3v) is 8.85. The Morgan fingerprint density at radius 1 is 0.302 bits per heavy atom. The van der Waals surface area contributed by atoms with Gasteiger partial charge in [-0.25, -0.2) is 0 Å². The largest absolute Gasteiger partial charge is 0.456 e. The molecule has 1 aliphatic rings. The summed E-state index contributed by atoms with van der Waals surface area (Å²) >= 11 is 0. The third-order valence-electron chi connectivity index (χ3n) is 8.85. The highest BCUT2D eigenvalue weighted by molar-refractivity contribution is 6.10. The molecule has 0 aromatic heterocycles. The average molecular weight is 547 g/mol. The molecule has 8 aromatic rings. The lowest BCUT2D eigenvalue weighted by atomic mass is 9.90. The first kappa shape index (κ1) is 24.0. The van der Waals surface area contributed by atoms with Gasteiger partial charge in [-0.15, -0.1) is 0 Å². The van der Waals surface area contributed by atoms with Gasteiger partial charge in [-0.05, 0) is 96.2 Å². The summed E-state index contributed by atoms with van der Waals surface area (Å²) < 4.78 is 6.30. The Hall–Kier alpha value is -5.66. The van der Waals surface area contributed by atoms with Crippen molar-refractivity contribution in [3.8, 4) is 56.0 Å². The summed E-state index contributed by atoms with van der Waals surface area (Å²) in [6.45, 7) is 0. The molecule has 0 bridgehead atoms. The first-order valence-corrected chi connectivity index (χ1v) is 14.8. The molecule has 1 heteroatoms. The molecular weight excluding hydrogens is 520 g/mol. The minimum absolute atomic E-state index is 0.917. The summed E-state index contributed by atoms with van der Waals surface area (Å²) in [5.41, 5.74) is 9.71. The molecule has 0 atom stereocenters. The van der Waals surface area contributed by atoms with E-state index < -0.39 is 0 Å². The SMILES string of the molecule is c1ccc2c(c1)Oc1ccc(-c3ccc(-c4ccc5cc(-c6ccc7ccccc7c6)ccc5c4)cc3)c3cccc-2c13. The number of hydrogen-bond acceptors (Lipinski definition) is 1. The molecule has 1 heterocycles. The molecule has 0 aliphatic carbocycles. The third kappa shape index (κ3) is 3.94. The predicted molar refractivity (Wildman–Crippen MR) is 181 cm³/mol. The van der Waals surface area contributed by atoms with Gasteiger partial charge in [0.2, 0.25) is 0 Å². The van der Waals surface area contributed by atoms with E-state index in [1.807, 2.05) is 12.1 Å². The standard InChI is InChI=1S/C42H26O/c1-2-7-30-24-32(17-14-27(30)6-1)35-21-20-33-25-31(18-19-34(33)26-35)28-12-15-29(16-13-28)36-22-23-41-42-38(36)9-5-10-39(42)37-8-3-4-11-40(37)43-41/h1-26H. The lowest BCUT2D eigenvalue weighted by molar-refractivity contribution is 0.487. The molecule has 0 N–H and O–H groups in total. The summed E-state index contributed by atoms with van der Waals surface area (Å²) in [7, 11) is 0. The molecule has 0 amide bonds. The smallest absolute Gasteiger partial charge is 0.135 e. The van der Waals surface area contributed by atoms with E-state index >= 15 is 0 Å². The Morgan fingerprint density at radius 3 is 1.63 bits per heavy atom. The zero-order valence-corrected chi connectivity index (χ0v) is 23.4. The van der Waals surface area contributed by atoms with Gasteiger partial charge in [-0.2, -0.15) is 0 Å². The molecule has 0 saturated carbocycles. The lowest BCUT2D eigenvalue weighted by Crippen LogP contribution is -1.97. The molecule has 0 saturated heterocycles. The van der Waals surface area contributed by atoms with Gasteiger partial charge in [0, 0.05) is 10.9 Å². The van der Waals surface area contributed by atoms with E-state index in [4.69, 9.17) is 4.74 Å². The van der Waals surface area contributed by atoms with Crippen LogP contribution in [0.3, 0.4) is 0 Å². The number of hydrogen-bond donors (Lipinski definition) is 0. The van der Waals surface area contributed by atoms with Gasteiger partial charge in [0.25, 0.3) is 0 Å². The molecule has 0 unspecified atom stereocenters. The summed E-state index contributed by atoms with van der Waals surface area (Å²) in [4.78, 5) is 0. The van der Waals surface area contributed by atoms with Gasteiger partial charge in [0.15, 0.2) is 0 Å². The van der Waals surface area contributed by atoms with Crippen LogP contribution in [-0.4, -0.2) is 0 Å². The van der Waals surface area contributed by atoms with Gasteiger partial charge < -0.3 is 4.74 Å². The zero-order valence-electron chi connectivity index (χ0n) is 23.4. The number of para-hydroxylation sites is 1. The van der Waals surface area contributed by atoms with Gasteiger partial charge in [0.05, 0.1) is 0 Å². The Labute approximate surface area is 250 Å². The predicted octanol–water partition coefficient (Wildman–Crippen LogP) is 11.9. The fourth-order valence-corrected chi connectivity index (χ4v) is 6.65. The van der Waals surface area contributed by atoms with Crippen molar-refractivity contribution < 1.29 is 4.74 Å². The number of rotatable bonds is 3. The molecule has 0 fully saturated rings. The Balaban J connectivity index is 1.05. The molecule has 200 valence electrons. The van der Waals surface area contributed by atoms with Crippen LogP contribution in [0, 0.1) is 0 Å². The highest BCUT2D eigenvalue weighted by Crippen LogP contribution is 2.48. The summed E-state index contributed by atoms with van der Waals surface area (Å²) in [6.07, 6.45) is 0. The molecule has 8 aromatic carbocycles. The lowest BCUT2D eigenvalue weighted by Gasteiger charge is -2.22. The van der Waals surface area contributed by atoms with Crippen LogP contribution in [-0.2, 0) is 0 Å². The van der Waals surface area contributed by atoms with Crippen LogP contribution in [0.2, 0.25) is 0 Å².